The SMILES string of the molecule is COc1ccc(C(=O)N/C(=C\c2ccco2)C(=O)NCCOc2ccc(C(C)(C)C)cc2)cc1OC. The zero-order valence-corrected chi connectivity index (χ0v) is 21.2. The normalized spacial score (nSPS) is 11.5. The van der Waals surface area contributed by atoms with E-state index in [0.717, 1.165) is 0 Å². The summed E-state index contributed by atoms with van der Waals surface area (Å²) in [4.78, 5) is 25.8. The molecular weight excluding hydrogens is 460 g/mol. The molecule has 0 bridgehead atoms. The minimum absolute atomic E-state index is 0.0271. The molecule has 3 aromatic rings. The Kier molecular flexibility index (Phi) is 8.78. The van der Waals surface area contributed by atoms with Crippen LogP contribution in [0.25, 0.3) is 6.08 Å². The van der Waals surface area contributed by atoms with Crippen molar-refractivity contribution < 1.29 is 28.2 Å². The van der Waals surface area contributed by atoms with Gasteiger partial charge in [0.25, 0.3) is 11.8 Å². The summed E-state index contributed by atoms with van der Waals surface area (Å²) < 4.78 is 21.5. The lowest BCUT2D eigenvalue weighted by molar-refractivity contribution is -0.117. The van der Waals surface area contributed by atoms with Crippen molar-refractivity contribution in [1.82, 2.24) is 10.6 Å². The second kappa shape index (κ2) is 12.0. The molecule has 0 atom stereocenters. The van der Waals surface area contributed by atoms with Crippen molar-refractivity contribution in [3.63, 3.8) is 0 Å². The third-order valence-corrected chi connectivity index (χ3v) is 5.35. The van der Waals surface area contributed by atoms with Gasteiger partial charge in [0.15, 0.2) is 11.5 Å². The number of carbonyl (C=O) groups is 2. The van der Waals surface area contributed by atoms with Crippen LogP contribution in [0.15, 0.2) is 71.0 Å². The standard InChI is InChI=1S/C28H32N2O6/c1-28(2,3)20-9-11-21(12-10-20)36-16-14-29-27(32)23(18-22-7-6-15-35-22)30-26(31)19-8-13-24(33-4)25(17-19)34-5/h6-13,15,17-18H,14,16H2,1-5H3,(H,29,32)(H,30,31)/b23-18-. The van der Waals surface area contributed by atoms with Crippen molar-refractivity contribution in [2.45, 2.75) is 26.2 Å². The van der Waals surface area contributed by atoms with Crippen molar-refractivity contribution in [1.29, 1.82) is 0 Å². The van der Waals surface area contributed by atoms with E-state index in [1.54, 1.807) is 24.3 Å². The van der Waals surface area contributed by atoms with E-state index in [4.69, 9.17) is 18.6 Å². The molecular formula is C28H32N2O6. The van der Waals surface area contributed by atoms with Gasteiger partial charge in [-0.2, -0.15) is 0 Å². The molecule has 8 heteroatoms. The maximum atomic E-state index is 12.9. The first kappa shape index (κ1) is 26.4. The quantitative estimate of drug-likeness (QED) is 0.318. The maximum absolute atomic E-state index is 12.9. The minimum Gasteiger partial charge on any atom is -0.493 e. The molecule has 0 aliphatic heterocycles. The molecule has 1 aromatic heterocycles. The molecule has 190 valence electrons. The molecule has 0 radical (unpaired) electrons. The Bertz CT molecular complexity index is 1190. The van der Waals surface area contributed by atoms with Gasteiger partial charge in [0.1, 0.15) is 23.8 Å². The van der Waals surface area contributed by atoms with Gasteiger partial charge in [-0.15, -0.1) is 0 Å². The van der Waals surface area contributed by atoms with E-state index < -0.39 is 11.8 Å². The zero-order valence-electron chi connectivity index (χ0n) is 21.2. The number of nitrogens with one attached hydrogen (secondary N) is 2. The van der Waals surface area contributed by atoms with Crippen LogP contribution >= 0.6 is 0 Å². The number of rotatable bonds is 10. The number of methoxy groups -OCH3 is 2. The highest BCUT2D eigenvalue weighted by molar-refractivity contribution is 6.05. The first-order chi connectivity index (χ1) is 17.2. The third-order valence-electron chi connectivity index (χ3n) is 5.35. The fourth-order valence-corrected chi connectivity index (χ4v) is 3.33. The molecule has 8 nitrogen and oxygen atoms in total. The Labute approximate surface area is 211 Å². The van der Waals surface area contributed by atoms with Crippen LogP contribution in [0, 0.1) is 0 Å². The van der Waals surface area contributed by atoms with Crippen molar-refractivity contribution in [3.8, 4) is 17.2 Å². The maximum Gasteiger partial charge on any atom is 0.268 e. The molecule has 36 heavy (non-hydrogen) atoms. The summed E-state index contributed by atoms with van der Waals surface area (Å²) in [5, 5.41) is 5.42. The average Bonchev–Trinajstić information content (AvgIpc) is 3.38. The number of furan rings is 1. The number of ether oxygens (including phenoxy) is 3. The Hall–Kier alpha value is -4.20. The summed E-state index contributed by atoms with van der Waals surface area (Å²) in [5.74, 6) is 1.06. The fraction of sp³-hybridized carbons (Fsp3) is 0.286. The lowest BCUT2D eigenvalue weighted by atomic mass is 9.87. The molecule has 0 aliphatic carbocycles. The van der Waals surface area contributed by atoms with Crippen LogP contribution < -0.4 is 24.8 Å². The molecule has 0 fully saturated rings. The van der Waals surface area contributed by atoms with Gasteiger partial charge in [-0.05, 0) is 53.4 Å². The number of hydrogen-bond donors (Lipinski definition) is 2. The fourth-order valence-electron chi connectivity index (χ4n) is 3.33. The van der Waals surface area contributed by atoms with Gasteiger partial charge < -0.3 is 29.3 Å². The monoisotopic (exact) mass is 492 g/mol. The van der Waals surface area contributed by atoms with Gasteiger partial charge >= 0.3 is 0 Å². The van der Waals surface area contributed by atoms with E-state index in [2.05, 4.69) is 31.4 Å². The third kappa shape index (κ3) is 7.15. The van der Waals surface area contributed by atoms with Gasteiger partial charge in [-0.1, -0.05) is 32.9 Å². The molecule has 0 aliphatic rings. The second-order valence-corrected chi connectivity index (χ2v) is 8.98. The molecule has 0 unspecified atom stereocenters. The summed E-state index contributed by atoms with van der Waals surface area (Å²) in [5.41, 5.74) is 1.60. The van der Waals surface area contributed by atoms with Gasteiger partial charge in [0.2, 0.25) is 0 Å². The molecule has 0 saturated carbocycles. The van der Waals surface area contributed by atoms with Crippen LogP contribution in [0.3, 0.4) is 0 Å². The van der Waals surface area contributed by atoms with Crippen LogP contribution in [0.4, 0.5) is 0 Å². The van der Waals surface area contributed by atoms with E-state index in [9.17, 15) is 9.59 Å². The van der Waals surface area contributed by atoms with Gasteiger partial charge in [-0.3, -0.25) is 9.59 Å². The largest absolute Gasteiger partial charge is 0.493 e. The second-order valence-electron chi connectivity index (χ2n) is 8.98. The highest BCUT2D eigenvalue weighted by atomic mass is 16.5. The number of carbonyl (C=O) groups excluding carboxylic acids is 2. The average molecular weight is 493 g/mol. The van der Waals surface area contributed by atoms with Crippen LogP contribution in [0.5, 0.6) is 17.2 Å². The Morgan fingerprint density at radius 3 is 2.31 bits per heavy atom. The van der Waals surface area contributed by atoms with Crippen LogP contribution in [0.2, 0.25) is 0 Å². The molecule has 0 spiro atoms. The summed E-state index contributed by atoms with van der Waals surface area (Å²) in [6, 6.07) is 16.0. The first-order valence-electron chi connectivity index (χ1n) is 11.5. The van der Waals surface area contributed by atoms with Crippen molar-refractivity contribution >= 4 is 17.9 Å². The first-order valence-corrected chi connectivity index (χ1v) is 11.5. The summed E-state index contributed by atoms with van der Waals surface area (Å²) in [6.07, 6.45) is 2.94. The predicted octanol–water partition coefficient (Wildman–Crippen LogP) is 4.56. The van der Waals surface area contributed by atoms with E-state index in [1.165, 1.54) is 38.2 Å². The van der Waals surface area contributed by atoms with Gasteiger partial charge in [0, 0.05) is 11.6 Å². The van der Waals surface area contributed by atoms with Crippen molar-refractivity contribution in [2.75, 3.05) is 27.4 Å². The van der Waals surface area contributed by atoms with E-state index in [0.29, 0.717) is 28.6 Å². The highest BCUT2D eigenvalue weighted by Crippen LogP contribution is 2.27. The van der Waals surface area contributed by atoms with Crippen LogP contribution in [0.1, 0.15) is 42.5 Å². The molecule has 2 N–H and O–H groups in total. The van der Waals surface area contributed by atoms with Gasteiger partial charge in [0.05, 0.1) is 27.0 Å². The van der Waals surface area contributed by atoms with Crippen molar-refractivity contribution in [3.05, 3.63) is 83.4 Å². The Morgan fingerprint density at radius 2 is 1.69 bits per heavy atom. The molecule has 2 aromatic carbocycles. The highest BCUT2D eigenvalue weighted by Gasteiger charge is 2.17. The number of benzene rings is 2. The molecule has 0 saturated heterocycles. The topological polar surface area (TPSA) is 99.0 Å². The molecule has 1 heterocycles. The number of hydrogen-bond acceptors (Lipinski definition) is 6. The van der Waals surface area contributed by atoms with E-state index in [1.807, 2.05) is 24.3 Å². The summed E-state index contributed by atoms with van der Waals surface area (Å²) in [6.45, 7) is 6.95. The summed E-state index contributed by atoms with van der Waals surface area (Å²) >= 11 is 0. The summed E-state index contributed by atoms with van der Waals surface area (Å²) in [7, 11) is 2.99. The lowest BCUT2D eigenvalue weighted by Crippen LogP contribution is -2.36. The Morgan fingerprint density at radius 1 is 0.972 bits per heavy atom. The van der Waals surface area contributed by atoms with E-state index >= 15 is 0 Å². The smallest absolute Gasteiger partial charge is 0.268 e. The van der Waals surface area contributed by atoms with Crippen LogP contribution in [-0.4, -0.2) is 39.2 Å². The molecule has 2 amide bonds. The zero-order chi connectivity index (χ0) is 26.1. The predicted molar refractivity (Wildman–Crippen MR) is 137 cm³/mol. The van der Waals surface area contributed by atoms with Crippen LogP contribution in [-0.2, 0) is 10.2 Å². The van der Waals surface area contributed by atoms with E-state index in [-0.39, 0.29) is 24.3 Å². The van der Waals surface area contributed by atoms with Gasteiger partial charge in [-0.25, -0.2) is 0 Å². The minimum atomic E-state index is -0.487. The lowest BCUT2D eigenvalue weighted by Gasteiger charge is -2.19. The number of amides is 2. The van der Waals surface area contributed by atoms with Crippen molar-refractivity contribution in [2.24, 2.45) is 0 Å². The molecule has 3 rings (SSSR count). The Balaban J connectivity index is 1.63.